The third kappa shape index (κ3) is 5.75. The average Bonchev–Trinajstić information content (AvgIpc) is 2.78. The molecule has 1 amide bonds. The zero-order valence-corrected chi connectivity index (χ0v) is 18.8. The van der Waals surface area contributed by atoms with Gasteiger partial charge in [-0.1, -0.05) is 6.07 Å². The van der Waals surface area contributed by atoms with Crippen LogP contribution in [0.1, 0.15) is 22.8 Å². The maximum absolute atomic E-state index is 12.9. The summed E-state index contributed by atoms with van der Waals surface area (Å²) in [6.45, 7) is 5.20. The summed E-state index contributed by atoms with van der Waals surface area (Å²) in [6, 6.07) is 11.5. The smallest absolute Gasteiger partial charge is 0.251 e. The van der Waals surface area contributed by atoms with Gasteiger partial charge in [-0.3, -0.25) is 4.79 Å². The molecule has 1 aliphatic rings. The summed E-state index contributed by atoms with van der Waals surface area (Å²) in [5.74, 6) is 1.05. The molecule has 2 aromatic carbocycles. The molecule has 8 nitrogen and oxygen atoms in total. The minimum atomic E-state index is -3.68. The Labute approximate surface area is 183 Å². The standard InChI is InChI=1S/C22H28N2O6S/c1-16-4-9-20(31(26,27)24-10-12-29-13-11-24)14-21(16)22(25)23-17(2)15-30-19-7-5-18(28-3)6-8-19/h4-9,14,17H,10-13,15H2,1-3H3,(H,23,25)/t17-/m1/s1. The van der Waals surface area contributed by atoms with Gasteiger partial charge in [0.2, 0.25) is 10.0 Å². The number of nitrogens with one attached hydrogen (secondary N) is 1. The number of hydrogen-bond donors (Lipinski definition) is 1. The first-order valence-electron chi connectivity index (χ1n) is 10.1. The molecule has 0 aliphatic carbocycles. The van der Waals surface area contributed by atoms with E-state index in [4.69, 9.17) is 14.2 Å². The molecule has 0 bridgehead atoms. The molecule has 1 heterocycles. The van der Waals surface area contributed by atoms with E-state index in [9.17, 15) is 13.2 Å². The number of carbonyl (C=O) groups is 1. The topological polar surface area (TPSA) is 94.2 Å². The largest absolute Gasteiger partial charge is 0.497 e. The van der Waals surface area contributed by atoms with E-state index in [0.29, 0.717) is 43.2 Å². The van der Waals surface area contributed by atoms with Crippen molar-refractivity contribution in [3.8, 4) is 11.5 Å². The van der Waals surface area contributed by atoms with Crippen molar-refractivity contribution in [2.75, 3.05) is 40.0 Å². The van der Waals surface area contributed by atoms with E-state index in [1.807, 2.05) is 6.92 Å². The molecule has 0 radical (unpaired) electrons. The van der Waals surface area contributed by atoms with Crippen LogP contribution in [0.2, 0.25) is 0 Å². The van der Waals surface area contributed by atoms with Crippen LogP contribution in [0.15, 0.2) is 47.4 Å². The highest BCUT2D eigenvalue weighted by atomic mass is 32.2. The van der Waals surface area contributed by atoms with Crippen molar-refractivity contribution in [2.45, 2.75) is 24.8 Å². The van der Waals surface area contributed by atoms with Crippen molar-refractivity contribution in [3.05, 3.63) is 53.6 Å². The Morgan fingerprint density at radius 3 is 2.42 bits per heavy atom. The van der Waals surface area contributed by atoms with Gasteiger partial charge in [-0.2, -0.15) is 4.31 Å². The van der Waals surface area contributed by atoms with Crippen molar-refractivity contribution < 1.29 is 27.4 Å². The predicted molar refractivity (Wildman–Crippen MR) is 116 cm³/mol. The highest BCUT2D eigenvalue weighted by Crippen LogP contribution is 2.21. The normalized spacial score (nSPS) is 15.8. The van der Waals surface area contributed by atoms with Gasteiger partial charge in [0.1, 0.15) is 18.1 Å². The Morgan fingerprint density at radius 1 is 1.13 bits per heavy atom. The van der Waals surface area contributed by atoms with Crippen LogP contribution in [0.4, 0.5) is 0 Å². The van der Waals surface area contributed by atoms with Crippen molar-refractivity contribution in [3.63, 3.8) is 0 Å². The molecule has 0 unspecified atom stereocenters. The fourth-order valence-electron chi connectivity index (χ4n) is 3.18. The number of rotatable bonds is 8. The second kappa shape index (κ2) is 10.1. The van der Waals surface area contributed by atoms with Crippen molar-refractivity contribution in [1.29, 1.82) is 0 Å². The third-order valence-electron chi connectivity index (χ3n) is 5.00. The first-order valence-corrected chi connectivity index (χ1v) is 11.5. The molecular formula is C22H28N2O6S. The van der Waals surface area contributed by atoms with Crippen LogP contribution >= 0.6 is 0 Å². The monoisotopic (exact) mass is 448 g/mol. The average molecular weight is 449 g/mol. The van der Waals surface area contributed by atoms with Crippen LogP contribution in [0.3, 0.4) is 0 Å². The van der Waals surface area contributed by atoms with Crippen LogP contribution in [-0.4, -0.2) is 64.7 Å². The van der Waals surface area contributed by atoms with Crippen LogP contribution in [0.25, 0.3) is 0 Å². The van der Waals surface area contributed by atoms with Crippen molar-refractivity contribution in [1.82, 2.24) is 9.62 Å². The van der Waals surface area contributed by atoms with Gasteiger partial charge in [-0.25, -0.2) is 8.42 Å². The number of benzene rings is 2. The van der Waals surface area contributed by atoms with Crippen LogP contribution in [-0.2, 0) is 14.8 Å². The third-order valence-corrected chi connectivity index (χ3v) is 6.89. The second-order valence-corrected chi connectivity index (χ2v) is 9.29. The van der Waals surface area contributed by atoms with Gasteiger partial charge < -0.3 is 19.5 Å². The Balaban J connectivity index is 1.65. The van der Waals surface area contributed by atoms with Gasteiger partial charge >= 0.3 is 0 Å². The minimum absolute atomic E-state index is 0.104. The number of methoxy groups -OCH3 is 1. The molecular weight excluding hydrogens is 420 g/mol. The maximum atomic E-state index is 12.9. The number of aryl methyl sites for hydroxylation is 1. The van der Waals surface area contributed by atoms with E-state index in [1.54, 1.807) is 44.4 Å². The van der Waals surface area contributed by atoms with Crippen LogP contribution in [0, 0.1) is 6.92 Å². The lowest BCUT2D eigenvalue weighted by atomic mass is 10.1. The molecule has 1 fully saturated rings. The van der Waals surface area contributed by atoms with Gasteiger partial charge in [-0.15, -0.1) is 0 Å². The van der Waals surface area contributed by atoms with E-state index in [1.165, 1.54) is 16.4 Å². The lowest BCUT2D eigenvalue weighted by molar-refractivity contribution is 0.0730. The van der Waals surface area contributed by atoms with Crippen LogP contribution < -0.4 is 14.8 Å². The number of morpholine rings is 1. The Bertz CT molecular complexity index is 1000. The fraction of sp³-hybridized carbons (Fsp3) is 0.409. The van der Waals surface area contributed by atoms with Gasteiger partial charge in [0.15, 0.2) is 0 Å². The number of sulfonamides is 1. The maximum Gasteiger partial charge on any atom is 0.251 e. The lowest BCUT2D eigenvalue weighted by Gasteiger charge is -2.26. The number of carbonyl (C=O) groups excluding carboxylic acids is 1. The quantitative estimate of drug-likeness (QED) is 0.666. The molecule has 1 saturated heterocycles. The predicted octanol–water partition coefficient (Wildman–Crippen LogP) is 2.22. The first kappa shape index (κ1) is 23.1. The Hall–Kier alpha value is -2.62. The highest BCUT2D eigenvalue weighted by Gasteiger charge is 2.27. The molecule has 0 saturated carbocycles. The van der Waals surface area contributed by atoms with Crippen molar-refractivity contribution >= 4 is 15.9 Å². The molecule has 3 rings (SSSR count). The lowest BCUT2D eigenvalue weighted by Crippen LogP contribution is -2.41. The van der Waals surface area contributed by atoms with E-state index in [-0.39, 0.29) is 23.5 Å². The number of nitrogens with zero attached hydrogens (tertiary/aromatic N) is 1. The summed E-state index contributed by atoms with van der Waals surface area (Å²) in [5, 5.41) is 2.87. The first-order chi connectivity index (χ1) is 14.8. The van der Waals surface area contributed by atoms with Gasteiger partial charge in [-0.05, 0) is 55.8 Å². The van der Waals surface area contributed by atoms with Crippen LogP contribution in [0.5, 0.6) is 11.5 Å². The van der Waals surface area contributed by atoms with E-state index < -0.39 is 10.0 Å². The molecule has 1 aliphatic heterocycles. The van der Waals surface area contributed by atoms with E-state index >= 15 is 0 Å². The summed E-state index contributed by atoms with van der Waals surface area (Å²) in [6.07, 6.45) is 0. The van der Waals surface area contributed by atoms with E-state index in [0.717, 1.165) is 5.75 Å². The summed E-state index contributed by atoms with van der Waals surface area (Å²) in [4.78, 5) is 12.9. The molecule has 0 aromatic heterocycles. The Morgan fingerprint density at radius 2 is 1.77 bits per heavy atom. The molecule has 2 aromatic rings. The van der Waals surface area contributed by atoms with E-state index in [2.05, 4.69) is 5.32 Å². The van der Waals surface area contributed by atoms with Gasteiger partial charge in [0, 0.05) is 18.7 Å². The molecule has 31 heavy (non-hydrogen) atoms. The fourth-order valence-corrected chi connectivity index (χ4v) is 4.61. The summed E-state index contributed by atoms with van der Waals surface area (Å²) in [7, 11) is -2.08. The number of ether oxygens (including phenoxy) is 3. The highest BCUT2D eigenvalue weighted by molar-refractivity contribution is 7.89. The SMILES string of the molecule is COc1ccc(OC[C@@H](C)NC(=O)c2cc(S(=O)(=O)N3CCOCC3)ccc2C)cc1. The Kier molecular flexibility index (Phi) is 7.53. The molecule has 168 valence electrons. The zero-order chi connectivity index (χ0) is 22.4. The summed E-state index contributed by atoms with van der Waals surface area (Å²) < 4.78 is 43.3. The number of amides is 1. The molecule has 0 spiro atoms. The molecule has 1 atom stereocenters. The molecule has 1 N–H and O–H groups in total. The number of hydrogen-bond acceptors (Lipinski definition) is 6. The van der Waals surface area contributed by atoms with Gasteiger partial charge in [0.25, 0.3) is 5.91 Å². The minimum Gasteiger partial charge on any atom is -0.497 e. The zero-order valence-electron chi connectivity index (χ0n) is 18.0. The second-order valence-electron chi connectivity index (χ2n) is 7.35. The molecule has 9 heteroatoms. The van der Waals surface area contributed by atoms with Gasteiger partial charge in [0.05, 0.1) is 31.3 Å². The summed E-state index contributed by atoms with van der Waals surface area (Å²) >= 11 is 0. The summed E-state index contributed by atoms with van der Waals surface area (Å²) in [5.41, 5.74) is 1.02. The van der Waals surface area contributed by atoms with Crippen molar-refractivity contribution in [2.24, 2.45) is 0 Å².